The Bertz CT molecular complexity index is 1120. The predicted octanol–water partition coefficient (Wildman–Crippen LogP) is 6.60. The fourth-order valence-corrected chi connectivity index (χ4v) is 5.37. The standard InChI is InChI=1S/C29H40N2O6/c1-3-16-37-24-19-21(36-17-10-11-25(32)33)18-23-26-22(29(34)35)13-12-20(2)27(26)31(28(23)24)15-9-7-5-4-6-8-14-30/h18-20,22H,3-13,15-17H2,1-2H3,(H,32,33)(H,34,35). The van der Waals surface area contributed by atoms with Gasteiger partial charge in [0.2, 0.25) is 0 Å². The SMILES string of the molecule is CCCOc1cc(OCCCC(=O)O)cc2c3c(n(CCCCCCCC#N)c12)C(C)CCC3C(=O)O. The Morgan fingerprint density at radius 3 is 2.51 bits per heavy atom. The summed E-state index contributed by atoms with van der Waals surface area (Å²) in [6, 6.07) is 5.98. The van der Waals surface area contributed by atoms with Gasteiger partial charge in [-0.1, -0.05) is 33.1 Å². The molecule has 2 unspecified atom stereocenters. The molecule has 0 bridgehead atoms. The van der Waals surface area contributed by atoms with Gasteiger partial charge in [0.15, 0.2) is 0 Å². The minimum Gasteiger partial charge on any atom is -0.493 e. The van der Waals surface area contributed by atoms with Gasteiger partial charge in [0.25, 0.3) is 0 Å². The first kappa shape index (κ1) is 28.4. The van der Waals surface area contributed by atoms with Crippen molar-refractivity contribution >= 4 is 22.8 Å². The number of carboxylic acids is 2. The zero-order chi connectivity index (χ0) is 26.8. The van der Waals surface area contributed by atoms with E-state index >= 15 is 0 Å². The van der Waals surface area contributed by atoms with Crippen LogP contribution in [-0.2, 0) is 16.1 Å². The summed E-state index contributed by atoms with van der Waals surface area (Å²) in [5.74, 6) is -0.764. The van der Waals surface area contributed by atoms with E-state index in [9.17, 15) is 14.7 Å². The molecule has 3 rings (SSSR count). The number of unbranched alkanes of at least 4 members (excludes halogenated alkanes) is 5. The number of aromatic nitrogens is 1. The summed E-state index contributed by atoms with van der Waals surface area (Å²) < 4.78 is 14.4. The summed E-state index contributed by atoms with van der Waals surface area (Å²) in [6.45, 7) is 5.79. The average molecular weight is 513 g/mol. The third-order valence-electron chi connectivity index (χ3n) is 7.11. The smallest absolute Gasteiger partial charge is 0.311 e. The van der Waals surface area contributed by atoms with Gasteiger partial charge < -0.3 is 24.3 Å². The largest absolute Gasteiger partial charge is 0.493 e. The maximum atomic E-state index is 12.3. The van der Waals surface area contributed by atoms with E-state index in [-0.39, 0.29) is 18.9 Å². The second-order valence-corrected chi connectivity index (χ2v) is 10.0. The second-order valence-electron chi connectivity index (χ2n) is 10.0. The van der Waals surface area contributed by atoms with Crippen LogP contribution in [0.1, 0.15) is 108 Å². The average Bonchev–Trinajstić information content (AvgIpc) is 3.19. The molecule has 2 aromatic rings. The van der Waals surface area contributed by atoms with Crippen LogP contribution < -0.4 is 9.47 Å². The number of nitriles is 1. The number of carbonyl (C=O) groups is 2. The van der Waals surface area contributed by atoms with Gasteiger partial charge >= 0.3 is 11.9 Å². The van der Waals surface area contributed by atoms with Crippen molar-refractivity contribution in [1.82, 2.24) is 4.57 Å². The fourth-order valence-electron chi connectivity index (χ4n) is 5.37. The second kappa shape index (κ2) is 13.9. The number of hydrogen-bond donors (Lipinski definition) is 2. The van der Waals surface area contributed by atoms with Gasteiger partial charge in [-0.25, -0.2) is 0 Å². The highest BCUT2D eigenvalue weighted by Crippen LogP contribution is 2.48. The van der Waals surface area contributed by atoms with Crippen molar-refractivity contribution < 1.29 is 29.3 Å². The molecule has 8 heteroatoms. The molecule has 0 amide bonds. The van der Waals surface area contributed by atoms with Gasteiger partial charge in [-0.15, -0.1) is 0 Å². The van der Waals surface area contributed by atoms with Crippen molar-refractivity contribution in [3.05, 3.63) is 23.4 Å². The summed E-state index contributed by atoms with van der Waals surface area (Å²) in [6.07, 6.45) is 8.33. The maximum Gasteiger partial charge on any atom is 0.311 e. The first-order valence-electron chi connectivity index (χ1n) is 13.7. The number of hydrogen-bond acceptors (Lipinski definition) is 5. The van der Waals surface area contributed by atoms with Crippen LogP contribution in [0.5, 0.6) is 11.5 Å². The molecule has 1 heterocycles. The van der Waals surface area contributed by atoms with Crippen molar-refractivity contribution in [3.8, 4) is 17.6 Å². The molecule has 0 aliphatic heterocycles. The number of aryl methyl sites for hydroxylation is 1. The molecule has 0 saturated carbocycles. The minimum absolute atomic E-state index is 0.0301. The number of ether oxygens (including phenoxy) is 2. The zero-order valence-corrected chi connectivity index (χ0v) is 22.1. The Kier molecular flexibility index (Phi) is 10.7. The lowest BCUT2D eigenvalue weighted by Gasteiger charge is -2.27. The molecule has 1 aromatic heterocycles. The molecule has 2 atom stereocenters. The third-order valence-corrected chi connectivity index (χ3v) is 7.11. The minimum atomic E-state index is -0.861. The number of carboxylic acid groups (broad SMARTS) is 2. The van der Waals surface area contributed by atoms with E-state index in [1.807, 2.05) is 19.1 Å². The van der Waals surface area contributed by atoms with Crippen LogP contribution in [0.25, 0.3) is 10.9 Å². The van der Waals surface area contributed by atoms with E-state index in [0.717, 1.165) is 73.7 Å². The zero-order valence-electron chi connectivity index (χ0n) is 22.1. The molecule has 37 heavy (non-hydrogen) atoms. The molecule has 0 radical (unpaired) electrons. The summed E-state index contributed by atoms with van der Waals surface area (Å²) in [5, 5.41) is 28.7. The Hall–Kier alpha value is -3.21. The quantitative estimate of drug-likeness (QED) is 0.243. The van der Waals surface area contributed by atoms with E-state index in [2.05, 4.69) is 17.6 Å². The Morgan fingerprint density at radius 2 is 1.81 bits per heavy atom. The number of rotatable bonds is 16. The number of aliphatic carboxylic acids is 2. The summed E-state index contributed by atoms with van der Waals surface area (Å²) in [5.41, 5.74) is 2.89. The topological polar surface area (TPSA) is 122 Å². The van der Waals surface area contributed by atoms with E-state index in [1.165, 1.54) is 0 Å². The molecule has 1 aliphatic rings. The van der Waals surface area contributed by atoms with E-state index in [1.54, 1.807) is 0 Å². The Balaban J connectivity index is 2.01. The first-order chi connectivity index (χ1) is 17.9. The van der Waals surface area contributed by atoms with Gasteiger partial charge in [-0.3, -0.25) is 9.59 Å². The van der Waals surface area contributed by atoms with Crippen molar-refractivity contribution in [2.75, 3.05) is 13.2 Å². The Labute approximate surface area is 219 Å². The van der Waals surface area contributed by atoms with E-state index in [4.69, 9.17) is 19.8 Å². The highest BCUT2D eigenvalue weighted by Gasteiger charge is 2.36. The lowest BCUT2D eigenvalue weighted by atomic mass is 9.80. The van der Waals surface area contributed by atoms with Gasteiger partial charge in [0.1, 0.15) is 11.5 Å². The molecule has 0 saturated heterocycles. The molecule has 202 valence electrons. The van der Waals surface area contributed by atoms with E-state index in [0.29, 0.717) is 37.4 Å². The summed E-state index contributed by atoms with van der Waals surface area (Å²) >= 11 is 0. The highest BCUT2D eigenvalue weighted by molar-refractivity contribution is 5.96. The number of nitrogens with zero attached hydrogens (tertiary/aromatic N) is 2. The van der Waals surface area contributed by atoms with Crippen LogP contribution in [0.4, 0.5) is 0 Å². The van der Waals surface area contributed by atoms with Gasteiger partial charge in [0.05, 0.1) is 30.7 Å². The molecular formula is C29H40N2O6. The van der Waals surface area contributed by atoms with Crippen molar-refractivity contribution in [2.24, 2.45) is 0 Å². The molecule has 2 N–H and O–H groups in total. The fraction of sp³-hybridized carbons (Fsp3) is 0.621. The number of fused-ring (bicyclic) bond motifs is 3. The molecule has 8 nitrogen and oxygen atoms in total. The molecule has 1 aliphatic carbocycles. The van der Waals surface area contributed by atoms with Crippen molar-refractivity contribution in [2.45, 2.75) is 103 Å². The monoisotopic (exact) mass is 512 g/mol. The molecule has 0 spiro atoms. The van der Waals surface area contributed by atoms with Crippen LogP contribution in [0.3, 0.4) is 0 Å². The number of benzene rings is 1. The normalized spacial score (nSPS) is 16.8. The first-order valence-corrected chi connectivity index (χ1v) is 13.7. The van der Waals surface area contributed by atoms with Gasteiger partial charge in [-0.2, -0.15) is 5.26 Å². The summed E-state index contributed by atoms with van der Waals surface area (Å²) in [4.78, 5) is 23.2. The van der Waals surface area contributed by atoms with Crippen molar-refractivity contribution in [3.63, 3.8) is 0 Å². The van der Waals surface area contributed by atoms with Gasteiger partial charge in [0, 0.05) is 36.5 Å². The van der Waals surface area contributed by atoms with Crippen LogP contribution in [0.15, 0.2) is 12.1 Å². The lowest BCUT2D eigenvalue weighted by molar-refractivity contribution is -0.139. The van der Waals surface area contributed by atoms with Crippen molar-refractivity contribution in [1.29, 1.82) is 5.26 Å². The maximum absolute atomic E-state index is 12.3. The van der Waals surface area contributed by atoms with Crippen LogP contribution in [0.2, 0.25) is 0 Å². The molecule has 0 fully saturated rings. The molecule has 1 aromatic carbocycles. The van der Waals surface area contributed by atoms with E-state index < -0.39 is 17.9 Å². The summed E-state index contributed by atoms with van der Waals surface area (Å²) in [7, 11) is 0. The van der Waals surface area contributed by atoms with Gasteiger partial charge in [-0.05, 0) is 56.1 Å². The van der Waals surface area contributed by atoms with Crippen LogP contribution >= 0.6 is 0 Å². The Morgan fingerprint density at radius 1 is 1.05 bits per heavy atom. The highest BCUT2D eigenvalue weighted by atomic mass is 16.5. The lowest BCUT2D eigenvalue weighted by Crippen LogP contribution is -2.21. The van der Waals surface area contributed by atoms with Crippen LogP contribution in [0, 0.1) is 11.3 Å². The third kappa shape index (κ3) is 7.18. The molecular weight excluding hydrogens is 472 g/mol. The predicted molar refractivity (Wildman–Crippen MR) is 141 cm³/mol. The van der Waals surface area contributed by atoms with Crippen LogP contribution in [-0.4, -0.2) is 39.9 Å².